The second-order valence-corrected chi connectivity index (χ2v) is 7.07. The molecule has 0 fully saturated rings. The van der Waals surface area contributed by atoms with E-state index in [0.29, 0.717) is 19.3 Å². The minimum absolute atomic E-state index is 0.0871. The van der Waals surface area contributed by atoms with Gasteiger partial charge in [0.05, 0.1) is 0 Å². The Labute approximate surface area is 133 Å². The van der Waals surface area contributed by atoms with Crippen LogP contribution in [0.25, 0.3) is 0 Å². The molecule has 0 N–H and O–H groups in total. The number of allylic oxidation sites excluding steroid dienone is 1. The fraction of sp³-hybridized carbons (Fsp3) is 0.706. The Kier molecular flexibility index (Phi) is 8.06. The summed E-state index contributed by atoms with van der Waals surface area (Å²) < 4.78 is 10.5. The van der Waals surface area contributed by atoms with Gasteiger partial charge in [-0.05, 0) is 60.8 Å². The number of hydrogen-bond donors (Lipinski definition) is 0. The molecule has 126 valence electrons. The van der Waals surface area contributed by atoms with Crippen molar-refractivity contribution < 1.29 is 23.9 Å². The van der Waals surface area contributed by atoms with Gasteiger partial charge < -0.3 is 14.3 Å². The molecule has 22 heavy (non-hydrogen) atoms. The Bertz CT molecular complexity index is 391. The zero-order valence-corrected chi connectivity index (χ0v) is 14.5. The predicted molar refractivity (Wildman–Crippen MR) is 84.3 cm³/mol. The van der Waals surface area contributed by atoms with Crippen LogP contribution in [0.4, 0.5) is 0 Å². The van der Waals surface area contributed by atoms with Gasteiger partial charge in [-0.2, -0.15) is 0 Å². The van der Waals surface area contributed by atoms with E-state index in [0.717, 1.165) is 12.7 Å². The highest BCUT2D eigenvalue weighted by Gasteiger charge is 2.28. The highest BCUT2D eigenvalue weighted by atomic mass is 16.6. The molecular weight excluding hydrogens is 284 g/mol. The van der Waals surface area contributed by atoms with Crippen LogP contribution in [0, 0.1) is 0 Å². The topological polar surface area (TPSA) is 69.7 Å². The Morgan fingerprint density at radius 1 is 0.818 bits per heavy atom. The van der Waals surface area contributed by atoms with Crippen molar-refractivity contribution in [1.82, 2.24) is 0 Å². The van der Waals surface area contributed by atoms with Crippen LogP contribution in [0.5, 0.6) is 0 Å². The lowest BCUT2D eigenvalue weighted by molar-refractivity contribution is -0.158. The molecule has 0 radical (unpaired) electrons. The molecule has 0 spiro atoms. The van der Waals surface area contributed by atoms with E-state index in [-0.39, 0.29) is 5.57 Å². The maximum atomic E-state index is 12.2. The molecule has 5 heteroatoms. The molecule has 0 rings (SSSR count). The van der Waals surface area contributed by atoms with Crippen molar-refractivity contribution in [3.05, 3.63) is 11.6 Å². The van der Waals surface area contributed by atoms with Gasteiger partial charge in [0.25, 0.3) is 0 Å². The molecule has 0 aromatic heterocycles. The summed E-state index contributed by atoms with van der Waals surface area (Å²) in [4.78, 5) is 34.6. The van der Waals surface area contributed by atoms with Gasteiger partial charge in [-0.3, -0.25) is 0 Å². The third-order valence-electron chi connectivity index (χ3n) is 2.36. The number of esters is 2. The smallest absolute Gasteiger partial charge is 0.345 e. The number of rotatable bonds is 7. The second-order valence-electron chi connectivity index (χ2n) is 7.07. The van der Waals surface area contributed by atoms with E-state index in [9.17, 15) is 14.4 Å². The summed E-state index contributed by atoms with van der Waals surface area (Å²) in [5.74, 6) is -1.37. The van der Waals surface area contributed by atoms with Gasteiger partial charge >= 0.3 is 11.9 Å². The van der Waals surface area contributed by atoms with Gasteiger partial charge in [-0.1, -0.05) is 6.08 Å². The summed E-state index contributed by atoms with van der Waals surface area (Å²) in [6.07, 6.45) is 4.81. The molecule has 0 amide bonds. The average molecular weight is 312 g/mol. The van der Waals surface area contributed by atoms with Crippen molar-refractivity contribution in [2.45, 2.75) is 78.4 Å². The summed E-state index contributed by atoms with van der Waals surface area (Å²) in [6, 6.07) is 0. The number of unbranched alkanes of at least 4 members (excludes halogenated alkanes) is 3. The summed E-state index contributed by atoms with van der Waals surface area (Å²) in [5, 5.41) is 0. The van der Waals surface area contributed by atoms with Crippen molar-refractivity contribution in [1.29, 1.82) is 0 Å². The minimum atomic E-state index is -0.685. The standard InChI is InChI=1S/C17H28O5/c1-16(2,3)21-14(19)13(11-9-7-8-10-12-18)15(20)22-17(4,5)6/h11-12H,7-10H2,1-6H3. The molecule has 0 heterocycles. The number of carbonyl (C=O) groups is 3. The van der Waals surface area contributed by atoms with E-state index in [1.807, 2.05) is 0 Å². The summed E-state index contributed by atoms with van der Waals surface area (Å²) >= 11 is 0. The van der Waals surface area contributed by atoms with Crippen LogP contribution in [0.3, 0.4) is 0 Å². The summed E-state index contributed by atoms with van der Waals surface area (Å²) in [6.45, 7) is 10.4. The van der Waals surface area contributed by atoms with Crippen molar-refractivity contribution in [3.63, 3.8) is 0 Å². The van der Waals surface area contributed by atoms with E-state index >= 15 is 0 Å². The molecule has 0 bridgehead atoms. The van der Waals surface area contributed by atoms with E-state index < -0.39 is 23.1 Å². The van der Waals surface area contributed by atoms with E-state index in [1.165, 1.54) is 6.08 Å². The lowest BCUT2D eigenvalue weighted by atomic mass is 10.1. The molecule has 0 atom stereocenters. The maximum absolute atomic E-state index is 12.2. The minimum Gasteiger partial charge on any atom is -0.456 e. The van der Waals surface area contributed by atoms with Crippen LogP contribution < -0.4 is 0 Å². The second kappa shape index (κ2) is 8.71. The van der Waals surface area contributed by atoms with Crippen molar-refractivity contribution in [2.75, 3.05) is 0 Å². The van der Waals surface area contributed by atoms with E-state index in [2.05, 4.69) is 0 Å². The lowest BCUT2D eigenvalue weighted by Gasteiger charge is -2.23. The maximum Gasteiger partial charge on any atom is 0.345 e. The van der Waals surface area contributed by atoms with Crippen LogP contribution in [-0.2, 0) is 23.9 Å². The first-order valence-electron chi connectivity index (χ1n) is 7.57. The first-order valence-corrected chi connectivity index (χ1v) is 7.57. The van der Waals surface area contributed by atoms with Crippen molar-refractivity contribution in [2.24, 2.45) is 0 Å². The van der Waals surface area contributed by atoms with Crippen LogP contribution >= 0.6 is 0 Å². The Balaban J connectivity index is 4.97. The van der Waals surface area contributed by atoms with Crippen molar-refractivity contribution >= 4 is 18.2 Å². The molecule has 5 nitrogen and oxygen atoms in total. The van der Waals surface area contributed by atoms with Gasteiger partial charge in [-0.25, -0.2) is 9.59 Å². The summed E-state index contributed by atoms with van der Waals surface area (Å²) in [5.41, 5.74) is -1.46. The zero-order valence-electron chi connectivity index (χ0n) is 14.5. The lowest BCUT2D eigenvalue weighted by Crippen LogP contribution is -2.31. The highest BCUT2D eigenvalue weighted by Crippen LogP contribution is 2.17. The molecule has 0 aliphatic rings. The average Bonchev–Trinajstić information content (AvgIpc) is 2.28. The predicted octanol–water partition coefficient (Wildman–Crippen LogP) is 3.36. The Hall–Kier alpha value is -1.65. The molecule has 0 unspecified atom stereocenters. The zero-order chi connectivity index (χ0) is 17.4. The summed E-state index contributed by atoms with van der Waals surface area (Å²) in [7, 11) is 0. The van der Waals surface area contributed by atoms with Gasteiger partial charge in [0.2, 0.25) is 0 Å². The molecular formula is C17H28O5. The SMILES string of the molecule is CC(C)(C)OC(=O)C(=CCCCCC=O)C(=O)OC(C)(C)C. The van der Waals surface area contributed by atoms with Crippen LogP contribution in [0.2, 0.25) is 0 Å². The molecule has 0 aliphatic carbocycles. The van der Waals surface area contributed by atoms with Crippen LogP contribution in [-0.4, -0.2) is 29.4 Å². The Morgan fingerprint density at radius 3 is 1.59 bits per heavy atom. The fourth-order valence-electron chi connectivity index (χ4n) is 1.53. The van der Waals surface area contributed by atoms with Gasteiger partial charge in [0, 0.05) is 6.42 Å². The third-order valence-corrected chi connectivity index (χ3v) is 2.36. The quantitative estimate of drug-likeness (QED) is 0.180. The van der Waals surface area contributed by atoms with Crippen LogP contribution in [0.15, 0.2) is 11.6 Å². The first kappa shape index (κ1) is 20.3. The third kappa shape index (κ3) is 10.1. The van der Waals surface area contributed by atoms with Crippen LogP contribution in [0.1, 0.15) is 67.2 Å². The molecule has 0 saturated heterocycles. The monoisotopic (exact) mass is 312 g/mol. The van der Waals surface area contributed by atoms with Gasteiger partial charge in [0.1, 0.15) is 23.1 Å². The first-order chi connectivity index (χ1) is 9.96. The van der Waals surface area contributed by atoms with E-state index in [4.69, 9.17) is 9.47 Å². The van der Waals surface area contributed by atoms with Gasteiger partial charge in [-0.15, -0.1) is 0 Å². The van der Waals surface area contributed by atoms with E-state index in [1.54, 1.807) is 41.5 Å². The Morgan fingerprint density at radius 2 is 1.23 bits per heavy atom. The molecule has 0 aliphatic heterocycles. The fourth-order valence-corrected chi connectivity index (χ4v) is 1.53. The van der Waals surface area contributed by atoms with Crippen molar-refractivity contribution in [3.8, 4) is 0 Å². The highest BCUT2D eigenvalue weighted by molar-refractivity contribution is 6.14. The number of carbonyl (C=O) groups excluding carboxylic acids is 3. The molecule has 0 aromatic carbocycles. The molecule has 0 saturated carbocycles. The number of hydrogen-bond acceptors (Lipinski definition) is 5. The number of aldehydes is 1. The molecule has 0 aromatic rings. The largest absolute Gasteiger partial charge is 0.456 e. The number of ether oxygens (including phenoxy) is 2. The normalized spacial score (nSPS) is 11.5. The van der Waals surface area contributed by atoms with Gasteiger partial charge in [0.15, 0.2) is 0 Å².